The van der Waals surface area contributed by atoms with Gasteiger partial charge in [0, 0.05) is 6.61 Å². The Labute approximate surface area is 144 Å². The van der Waals surface area contributed by atoms with Crippen LogP contribution in [0.3, 0.4) is 0 Å². The van der Waals surface area contributed by atoms with Gasteiger partial charge in [-0.25, -0.2) is 4.39 Å². The maximum Gasteiger partial charge on any atom is 0.226 e. The molecule has 0 unspecified atom stereocenters. The summed E-state index contributed by atoms with van der Waals surface area (Å²) in [7, 11) is 0. The van der Waals surface area contributed by atoms with Crippen LogP contribution in [0.4, 0.5) is 10.1 Å². The van der Waals surface area contributed by atoms with Crippen molar-refractivity contribution in [3.8, 4) is 5.69 Å². The number of hydrogen-bond donors (Lipinski definition) is 1. The first-order valence-electron chi connectivity index (χ1n) is 8.17. The van der Waals surface area contributed by atoms with Gasteiger partial charge in [-0.15, -0.1) is 5.10 Å². The van der Waals surface area contributed by atoms with Gasteiger partial charge in [-0.1, -0.05) is 0 Å². The fourth-order valence-electron chi connectivity index (χ4n) is 2.58. The summed E-state index contributed by atoms with van der Waals surface area (Å²) in [6.45, 7) is 3.24. The largest absolute Gasteiger partial charge is 0.378 e. The smallest absolute Gasteiger partial charge is 0.226 e. The molecule has 1 fully saturated rings. The second-order valence-corrected chi connectivity index (χ2v) is 5.81. The summed E-state index contributed by atoms with van der Waals surface area (Å²) in [6.07, 6.45) is 2.29. The van der Waals surface area contributed by atoms with Crippen molar-refractivity contribution in [3.63, 3.8) is 0 Å². The van der Waals surface area contributed by atoms with E-state index in [1.54, 1.807) is 13.0 Å². The fraction of sp³-hybridized carbons (Fsp3) is 0.500. The van der Waals surface area contributed by atoms with E-state index in [1.165, 1.54) is 16.8 Å². The van der Waals surface area contributed by atoms with E-state index < -0.39 is 5.82 Å². The number of aromatic nitrogens is 4. The number of nitrogens with one attached hydrogen (secondary N) is 1. The molecule has 8 nitrogen and oxygen atoms in total. The van der Waals surface area contributed by atoms with Gasteiger partial charge >= 0.3 is 0 Å². The first-order chi connectivity index (χ1) is 12.1. The molecule has 1 saturated heterocycles. The van der Waals surface area contributed by atoms with Crippen LogP contribution >= 0.6 is 0 Å². The third kappa shape index (κ3) is 4.58. The minimum Gasteiger partial charge on any atom is -0.378 e. The molecule has 3 rings (SSSR count). The summed E-state index contributed by atoms with van der Waals surface area (Å²) in [5.74, 6) is -0.286. The molecule has 0 aliphatic carbocycles. The zero-order chi connectivity index (χ0) is 17.6. The van der Waals surface area contributed by atoms with E-state index in [4.69, 9.17) is 9.47 Å². The molecule has 1 aromatic carbocycles. The van der Waals surface area contributed by atoms with E-state index in [0.717, 1.165) is 19.4 Å². The van der Waals surface area contributed by atoms with E-state index in [1.807, 2.05) is 0 Å². The van der Waals surface area contributed by atoms with Gasteiger partial charge in [0.25, 0.3) is 0 Å². The molecule has 134 valence electrons. The molecule has 1 amide bonds. The molecule has 25 heavy (non-hydrogen) atoms. The predicted molar refractivity (Wildman–Crippen MR) is 86.9 cm³/mol. The van der Waals surface area contributed by atoms with Crippen LogP contribution in [0.2, 0.25) is 0 Å². The number of hydrogen-bond acceptors (Lipinski definition) is 6. The van der Waals surface area contributed by atoms with Crippen molar-refractivity contribution in [1.82, 2.24) is 20.2 Å². The highest BCUT2D eigenvalue weighted by molar-refractivity contribution is 5.91. The van der Waals surface area contributed by atoms with Gasteiger partial charge in [0.05, 0.1) is 37.1 Å². The lowest BCUT2D eigenvalue weighted by Gasteiger charge is -2.11. The molecule has 1 aliphatic heterocycles. The summed E-state index contributed by atoms with van der Waals surface area (Å²) < 4.78 is 26.3. The number of benzene rings is 1. The predicted octanol–water partition coefficient (Wildman–Crippen LogP) is 1.63. The van der Waals surface area contributed by atoms with Crippen molar-refractivity contribution < 1.29 is 18.7 Å². The SMILES string of the molecule is Cc1nnnn1-c1ccc(F)c(NC(=O)CCOC[C@H]2CCCO2)c1. The summed E-state index contributed by atoms with van der Waals surface area (Å²) >= 11 is 0. The van der Waals surface area contributed by atoms with Gasteiger partial charge in [0.15, 0.2) is 5.82 Å². The molecule has 1 atom stereocenters. The number of rotatable bonds is 7. The van der Waals surface area contributed by atoms with Crippen LogP contribution < -0.4 is 5.32 Å². The molecule has 0 saturated carbocycles. The van der Waals surface area contributed by atoms with Crippen LogP contribution in [0.15, 0.2) is 18.2 Å². The Morgan fingerprint density at radius 1 is 1.52 bits per heavy atom. The summed E-state index contributed by atoms with van der Waals surface area (Å²) in [6, 6.07) is 4.29. The Balaban J connectivity index is 1.52. The van der Waals surface area contributed by atoms with Crippen LogP contribution in [-0.4, -0.2) is 52.0 Å². The zero-order valence-corrected chi connectivity index (χ0v) is 13.9. The molecule has 0 bridgehead atoms. The van der Waals surface area contributed by atoms with E-state index in [9.17, 15) is 9.18 Å². The van der Waals surface area contributed by atoms with Crippen LogP contribution in [0.1, 0.15) is 25.1 Å². The van der Waals surface area contributed by atoms with Gasteiger partial charge in [0.1, 0.15) is 5.82 Å². The summed E-state index contributed by atoms with van der Waals surface area (Å²) in [4.78, 5) is 12.0. The second-order valence-electron chi connectivity index (χ2n) is 5.81. The molecule has 1 aromatic heterocycles. The summed E-state index contributed by atoms with van der Waals surface area (Å²) in [5.41, 5.74) is 0.644. The highest BCUT2D eigenvalue weighted by Gasteiger charge is 2.16. The third-order valence-electron chi connectivity index (χ3n) is 3.90. The first kappa shape index (κ1) is 17.4. The molecule has 9 heteroatoms. The van der Waals surface area contributed by atoms with Crippen molar-refractivity contribution in [3.05, 3.63) is 29.8 Å². The Kier molecular flexibility index (Phi) is 5.67. The highest BCUT2D eigenvalue weighted by Crippen LogP contribution is 2.19. The number of nitrogens with zero attached hydrogens (tertiary/aromatic N) is 4. The number of tetrazole rings is 1. The minimum absolute atomic E-state index is 0.0801. The fourth-order valence-corrected chi connectivity index (χ4v) is 2.58. The van der Waals surface area contributed by atoms with Crippen LogP contribution in [0.25, 0.3) is 5.69 Å². The third-order valence-corrected chi connectivity index (χ3v) is 3.90. The monoisotopic (exact) mass is 349 g/mol. The number of amides is 1. The molecule has 0 spiro atoms. The van der Waals surface area contributed by atoms with E-state index in [-0.39, 0.29) is 30.7 Å². The Morgan fingerprint density at radius 3 is 3.12 bits per heavy atom. The van der Waals surface area contributed by atoms with Crippen LogP contribution in [-0.2, 0) is 14.3 Å². The number of aryl methyl sites for hydroxylation is 1. The Hall–Kier alpha value is -2.39. The quantitative estimate of drug-likeness (QED) is 0.764. The molecule has 0 radical (unpaired) electrons. The van der Waals surface area contributed by atoms with Crippen LogP contribution in [0, 0.1) is 12.7 Å². The van der Waals surface area contributed by atoms with Gasteiger partial charge in [-0.3, -0.25) is 4.79 Å². The van der Waals surface area contributed by atoms with Crippen molar-refractivity contribution in [2.24, 2.45) is 0 Å². The molecular formula is C16H20FN5O3. The van der Waals surface area contributed by atoms with E-state index in [0.29, 0.717) is 18.1 Å². The van der Waals surface area contributed by atoms with Crippen LogP contribution in [0.5, 0.6) is 0 Å². The number of carbonyl (C=O) groups is 1. The molecule has 2 heterocycles. The Morgan fingerprint density at radius 2 is 2.40 bits per heavy atom. The maximum absolute atomic E-state index is 13.9. The zero-order valence-electron chi connectivity index (χ0n) is 13.9. The molecular weight excluding hydrogens is 329 g/mol. The van der Waals surface area contributed by atoms with Gasteiger partial charge in [0.2, 0.25) is 5.91 Å². The number of halogens is 1. The van der Waals surface area contributed by atoms with E-state index in [2.05, 4.69) is 20.8 Å². The van der Waals surface area contributed by atoms with Gasteiger partial charge in [-0.05, 0) is 48.4 Å². The average Bonchev–Trinajstić information content (AvgIpc) is 3.25. The topological polar surface area (TPSA) is 91.2 Å². The maximum atomic E-state index is 13.9. The number of carbonyl (C=O) groups excluding carboxylic acids is 1. The molecule has 1 N–H and O–H groups in total. The molecule has 1 aliphatic rings. The van der Waals surface area contributed by atoms with E-state index >= 15 is 0 Å². The number of ether oxygens (including phenoxy) is 2. The summed E-state index contributed by atoms with van der Waals surface area (Å²) in [5, 5.41) is 13.7. The minimum atomic E-state index is -0.525. The highest BCUT2D eigenvalue weighted by atomic mass is 19.1. The number of anilines is 1. The normalized spacial score (nSPS) is 17.0. The first-order valence-corrected chi connectivity index (χ1v) is 8.17. The van der Waals surface area contributed by atoms with Gasteiger partial charge in [-0.2, -0.15) is 4.68 Å². The van der Waals surface area contributed by atoms with Crippen molar-refractivity contribution in [2.45, 2.75) is 32.3 Å². The standard InChI is InChI=1S/C16H20FN5O3/c1-11-19-20-21-22(11)12-4-5-14(17)15(9-12)18-16(23)6-8-24-10-13-3-2-7-25-13/h4-5,9,13H,2-3,6-8,10H2,1H3,(H,18,23)/t13-/m1/s1. The Bertz CT molecular complexity index is 730. The lowest BCUT2D eigenvalue weighted by Crippen LogP contribution is -2.19. The molecule has 2 aromatic rings. The van der Waals surface area contributed by atoms with Gasteiger partial charge < -0.3 is 14.8 Å². The van der Waals surface area contributed by atoms with Crippen molar-refractivity contribution in [2.75, 3.05) is 25.1 Å². The lowest BCUT2D eigenvalue weighted by molar-refractivity contribution is -0.117. The average molecular weight is 349 g/mol. The van der Waals surface area contributed by atoms with Crippen molar-refractivity contribution in [1.29, 1.82) is 0 Å². The van der Waals surface area contributed by atoms with Crippen molar-refractivity contribution >= 4 is 11.6 Å². The second kappa shape index (κ2) is 8.13. The lowest BCUT2D eigenvalue weighted by atomic mass is 10.2.